The molecule has 0 amide bonds. The van der Waals surface area contributed by atoms with Gasteiger partial charge in [-0.1, -0.05) is 6.07 Å². The number of nitrogens with zero attached hydrogens (tertiary/aromatic N) is 2. The van der Waals surface area contributed by atoms with Gasteiger partial charge >= 0.3 is 0 Å². The van der Waals surface area contributed by atoms with Crippen molar-refractivity contribution in [1.29, 1.82) is 5.26 Å². The van der Waals surface area contributed by atoms with Crippen LogP contribution in [-0.2, 0) is 10.0 Å². The number of hydrogen-bond donors (Lipinski definition) is 1. The molecule has 112 valence electrons. The Bertz CT molecular complexity index is 656. The first-order valence-corrected chi connectivity index (χ1v) is 8.80. The van der Waals surface area contributed by atoms with Crippen molar-refractivity contribution < 1.29 is 8.42 Å². The lowest BCUT2D eigenvalue weighted by Gasteiger charge is -2.25. The summed E-state index contributed by atoms with van der Waals surface area (Å²) < 4.78 is 27.3. The van der Waals surface area contributed by atoms with Gasteiger partial charge in [-0.15, -0.1) is 0 Å². The van der Waals surface area contributed by atoms with Crippen LogP contribution in [0.3, 0.4) is 0 Å². The van der Waals surface area contributed by atoms with E-state index in [9.17, 15) is 8.42 Å². The highest BCUT2D eigenvalue weighted by Crippen LogP contribution is 2.33. The minimum Gasteiger partial charge on any atom is -0.313 e. The van der Waals surface area contributed by atoms with E-state index in [-0.39, 0.29) is 17.0 Å². The number of sulfonamides is 1. The van der Waals surface area contributed by atoms with E-state index in [2.05, 4.69) is 5.32 Å². The third-order valence-electron chi connectivity index (χ3n) is 4.09. The minimum absolute atomic E-state index is 0.128. The first-order chi connectivity index (χ1) is 10.1. The Balaban J connectivity index is 1.87. The quantitative estimate of drug-likeness (QED) is 0.894. The highest BCUT2D eigenvalue weighted by molar-refractivity contribution is 7.89. The standard InChI is InChI=1S/C15H19N3O2S/c16-10-12-3-1-5-15(9-12)21(19,20)18(14-6-7-14)11-13-4-2-8-17-13/h1,3,5,9,13-14,17H,2,4,6-8,11H2. The van der Waals surface area contributed by atoms with Crippen LogP contribution < -0.4 is 5.32 Å². The van der Waals surface area contributed by atoms with E-state index < -0.39 is 10.0 Å². The Labute approximate surface area is 125 Å². The van der Waals surface area contributed by atoms with Gasteiger partial charge in [0.1, 0.15) is 0 Å². The van der Waals surface area contributed by atoms with Crippen molar-refractivity contribution in [2.24, 2.45) is 0 Å². The molecule has 1 aromatic carbocycles. The zero-order chi connectivity index (χ0) is 14.9. The first kappa shape index (κ1) is 14.5. The number of benzene rings is 1. The van der Waals surface area contributed by atoms with Crippen LogP contribution in [0, 0.1) is 11.3 Å². The van der Waals surface area contributed by atoms with E-state index in [1.165, 1.54) is 6.07 Å². The van der Waals surface area contributed by atoms with E-state index in [0.29, 0.717) is 12.1 Å². The van der Waals surface area contributed by atoms with Crippen LogP contribution in [0.1, 0.15) is 31.2 Å². The van der Waals surface area contributed by atoms with Crippen molar-refractivity contribution in [3.63, 3.8) is 0 Å². The predicted octanol–water partition coefficient (Wildman–Crippen LogP) is 1.46. The lowest BCUT2D eigenvalue weighted by atomic mass is 10.2. The molecule has 6 heteroatoms. The molecule has 0 radical (unpaired) electrons. The summed E-state index contributed by atoms with van der Waals surface area (Å²) in [5.41, 5.74) is 0.380. The molecule has 3 rings (SSSR count). The van der Waals surface area contributed by atoms with Gasteiger partial charge in [-0.05, 0) is 50.4 Å². The Morgan fingerprint density at radius 1 is 1.33 bits per heavy atom. The van der Waals surface area contributed by atoms with Gasteiger partial charge in [0.05, 0.1) is 16.5 Å². The molecule has 1 aliphatic heterocycles. The maximum atomic E-state index is 12.9. The van der Waals surface area contributed by atoms with Crippen LogP contribution in [0.5, 0.6) is 0 Å². The molecule has 1 aromatic rings. The Morgan fingerprint density at radius 2 is 2.14 bits per heavy atom. The molecule has 21 heavy (non-hydrogen) atoms. The molecule has 1 N–H and O–H groups in total. The second-order valence-corrected chi connectivity index (χ2v) is 7.63. The van der Waals surface area contributed by atoms with Crippen LogP contribution in [0.15, 0.2) is 29.2 Å². The molecule has 1 saturated heterocycles. The molecular weight excluding hydrogens is 286 g/mol. The zero-order valence-electron chi connectivity index (χ0n) is 11.8. The molecule has 5 nitrogen and oxygen atoms in total. The largest absolute Gasteiger partial charge is 0.313 e. The van der Waals surface area contributed by atoms with Crippen LogP contribution in [0.4, 0.5) is 0 Å². The fourth-order valence-corrected chi connectivity index (χ4v) is 4.57. The Morgan fingerprint density at radius 3 is 2.76 bits per heavy atom. The lowest BCUT2D eigenvalue weighted by Crippen LogP contribution is -2.42. The fraction of sp³-hybridized carbons (Fsp3) is 0.533. The van der Waals surface area contributed by atoms with Gasteiger partial charge in [0.2, 0.25) is 10.0 Å². The van der Waals surface area contributed by atoms with Crippen LogP contribution in [-0.4, -0.2) is 37.9 Å². The number of nitriles is 1. The van der Waals surface area contributed by atoms with Crippen molar-refractivity contribution in [2.75, 3.05) is 13.1 Å². The molecule has 1 atom stereocenters. The molecule has 1 saturated carbocycles. The maximum absolute atomic E-state index is 12.9. The maximum Gasteiger partial charge on any atom is 0.243 e. The summed E-state index contributed by atoms with van der Waals surface area (Å²) in [5.74, 6) is 0. The van der Waals surface area contributed by atoms with Gasteiger partial charge in [0, 0.05) is 18.6 Å². The summed E-state index contributed by atoms with van der Waals surface area (Å²) in [6, 6.07) is 8.67. The lowest BCUT2D eigenvalue weighted by molar-refractivity contribution is 0.363. The number of nitrogens with one attached hydrogen (secondary N) is 1. The van der Waals surface area contributed by atoms with E-state index in [1.807, 2.05) is 6.07 Å². The number of hydrogen-bond acceptors (Lipinski definition) is 4. The molecular formula is C15H19N3O2S. The molecule has 1 aliphatic carbocycles. The van der Waals surface area contributed by atoms with E-state index in [4.69, 9.17) is 5.26 Å². The zero-order valence-corrected chi connectivity index (χ0v) is 12.6. The average molecular weight is 305 g/mol. The predicted molar refractivity (Wildman–Crippen MR) is 79.1 cm³/mol. The van der Waals surface area contributed by atoms with Crippen molar-refractivity contribution in [1.82, 2.24) is 9.62 Å². The highest BCUT2D eigenvalue weighted by Gasteiger charge is 2.39. The first-order valence-electron chi connectivity index (χ1n) is 7.36. The SMILES string of the molecule is N#Cc1cccc(S(=O)(=O)N(CC2CCCN2)C2CC2)c1. The molecule has 1 heterocycles. The van der Waals surface area contributed by atoms with Crippen molar-refractivity contribution in [2.45, 2.75) is 42.7 Å². The van der Waals surface area contributed by atoms with Gasteiger partial charge in [-0.25, -0.2) is 8.42 Å². The van der Waals surface area contributed by atoms with E-state index in [1.54, 1.807) is 22.5 Å². The summed E-state index contributed by atoms with van der Waals surface area (Å²) in [6.45, 7) is 1.50. The summed E-state index contributed by atoms with van der Waals surface area (Å²) in [4.78, 5) is 0.228. The molecule has 0 aromatic heterocycles. The molecule has 0 bridgehead atoms. The minimum atomic E-state index is -3.52. The Hall–Kier alpha value is -1.42. The van der Waals surface area contributed by atoms with Crippen LogP contribution in [0.25, 0.3) is 0 Å². The van der Waals surface area contributed by atoms with Gasteiger partial charge in [0.15, 0.2) is 0 Å². The van der Waals surface area contributed by atoms with Crippen LogP contribution >= 0.6 is 0 Å². The summed E-state index contributed by atoms with van der Waals surface area (Å²) in [7, 11) is -3.52. The van der Waals surface area contributed by atoms with Gasteiger partial charge in [0.25, 0.3) is 0 Å². The average Bonchev–Trinajstić information content (AvgIpc) is 3.20. The fourth-order valence-electron chi connectivity index (χ4n) is 2.80. The van der Waals surface area contributed by atoms with Crippen molar-refractivity contribution >= 4 is 10.0 Å². The second kappa shape index (κ2) is 5.76. The van der Waals surface area contributed by atoms with Gasteiger partial charge < -0.3 is 5.32 Å². The highest BCUT2D eigenvalue weighted by atomic mass is 32.2. The summed E-state index contributed by atoms with van der Waals surface area (Å²) >= 11 is 0. The van der Waals surface area contributed by atoms with E-state index in [0.717, 1.165) is 32.2 Å². The second-order valence-electron chi connectivity index (χ2n) is 5.74. The summed E-state index contributed by atoms with van der Waals surface area (Å²) in [6.07, 6.45) is 4.00. The van der Waals surface area contributed by atoms with Crippen molar-refractivity contribution in [3.8, 4) is 6.07 Å². The normalized spacial score (nSPS) is 22.4. The topological polar surface area (TPSA) is 73.2 Å². The smallest absolute Gasteiger partial charge is 0.243 e. The van der Waals surface area contributed by atoms with Crippen LogP contribution in [0.2, 0.25) is 0 Å². The molecule has 1 unspecified atom stereocenters. The van der Waals surface area contributed by atoms with Gasteiger partial charge in [-0.3, -0.25) is 0 Å². The third-order valence-corrected chi connectivity index (χ3v) is 6.00. The number of rotatable bonds is 5. The molecule has 2 fully saturated rings. The van der Waals surface area contributed by atoms with E-state index >= 15 is 0 Å². The van der Waals surface area contributed by atoms with Crippen molar-refractivity contribution in [3.05, 3.63) is 29.8 Å². The molecule has 0 spiro atoms. The molecule has 2 aliphatic rings. The monoisotopic (exact) mass is 305 g/mol. The van der Waals surface area contributed by atoms with Gasteiger partial charge in [-0.2, -0.15) is 9.57 Å². The third kappa shape index (κ3) is 3.10. The Kier molecular flexibility index (Phi) is 3.98. The summed E-state index contributed by atoms with van der Waals surface area (Å²) in [5, 5.41) is 12.3.